The van der Waals surface area contributed by atoms with E-state index >= 15 is 0 Å². The summed E-state index contributed by atoms with van der Waals surface area (Å²) in [6, 6.07) is 0. The molecule has 2 N–H and O–H groups in total. The molecule has 6 heteroatoms. The van der Waals surface area contributed by atoms with E-state index in [1.807, 2.05) is 20.8 Å². The minimum absolute atomic E-state index is 0.115. The summed E-state index contributed by atoms with van der Waals surface area (Å²) < 4.78 is 25.9. The quantitative estimate of drug-likeness (QED) is 0.682. The fourth-order valence-electron chi connectivity index (χ4n) is 1.23. The molecule has 0 atom stereocenters. The van der Waals surface area contributed by atoms with Crippen LogP contribution < -0.4 is 4.72 Å². The number of carboxylic acids is 1. The van der Waals surface area contributed by atoms with Crippen molar-refractivity contribution in [2.24, 2.45) is 0 Å². The number of hydrogen-bond acceptors (Lipinski definition) is 3. The Morgan fingerprint density at radius 2 is 1.81 bits per heavy atom. The highest BCUT2D eigenvalue weighted by Crippen LogP contribution is 2.15. The first-order valence-corrected chi connectivity index (χ1v) is 7.13. The van der Waals surface area contributed by atoms with E-state index in [2.05, 4.69) is 4.72 Å². The van der Waals surface area contributed by atoms with Crippen molar-refractivity contribution in [1.82, 2.24) is 4.72 Å². The molecule has 0 bridgehead atoms. The zero-order chi connectivity index (χ0) is 12.8. The number of sulfonamides is 1. The summed E-state index contributed by atoms with van der Waals surface area (Å²) in [6.45, 7) is 5.69. The molecule has 0 heterocycles. The SMILES string of the molecule is CCC(C)(CC)NS(=O)(=O)CCCC(=O)O. The summed E-state index contributed by atoms with van der Waals surface area (Å²) in [6.07, 6.45) is 1.45. The van der Waals surface area contributed by atoms with Gasteiger partial charge in [-0.15, -0.1) is 0 Å². The van der Waals surface area contributed by atoms with Crippen molar-refractivity contribution >= 4 is 16.0 Å². The molecule has 0 aromatic carbocycles. The molecule has 5 nitrogen and oxygen atoms in total. The zero-order valence-electron chi connectivity index (χ0n) is 10.1. The van der Waals surface area contributed by atoms with Gasteiger partial charge >= 0.3 is 5.97 Å². The van der Waals surface area contributed by atoms with Crippen LogP contribution in [0.15, 0.2) is 0 Å². The molecule has 0 radical (unpaired) electrons. The zero-order valence-corrected chi connectivity index (χ0v) is 10.9. The number of rotatable bonds is 8. The molecule has 0 saturated heterocycles. The molecule has 16 heavy (non-hydrogen) atoms. The minimum Gasteiger partial charge on any atom is -0.481 e. The minimum atomic E-state index is -3.37. The summed E-state index contributed by atoms with van der Waals surface area (Å²) >= 11 is 0. The molecule has 0 aliphatic heterocycles. The highest BCUT2D eigenvalue weighted by atomic mass is 32.2. The molecule has 0 unspecified atom stereocenters. The van der Waals surface area contributed by atoms with Crippen LogP contribution in [0, 0.1) is 0 Å². The lowest BCUT2D eigenvalue weighted by Gasteiger charge is -2.27. The van der Waals surface area contributed by atoms with Gasteiger partial charge in [-0.1, -0.05) is 13.8 Å². The summed E-state index contributed by atoms with van der Waals surface area (Å²) in [5.41, 5.74) is -0.429. The largest absolute Gasteiger partial charge is 0.481 e. The molecule has 0 aromatic rings. The Kier molecular flexibility index (Phi) is 5.96. The van der Waals surface area contributed by atoms with Crippen LogP contribution in [0.2, 0.25) is 0 Å². The number of aliphatic carboxylic acids is 1. The van der Waals surface area contributed by atoms with Gasteiger partial charge in [-0.05, 0) is 26.2 Å². The topological polar surface area (TPSA) is 83.5 Å². The van der Waals surface area contributed by atoms with Crippen LogP contribution >= 0.6 is 0 Å². The fourth-order valence-corrected chi connectivity index (χ4v) is 2.90. The standard InChI is InChI=1S/C10H21NO4S/c1-4-10(3,5-2)11-16(14,15)8-6-7-9(12)13/h11H,4-8H2,1-3H3,(H,12,13). The number of nitrogens with one attached hydrogen (secondary N) is 1. The fraction of sp³-hybridized carbons (Fsp3) is 0.900. The summed E-state index contributed by atoms with van der Waals surface area (Å²) in [5, 5.41) is 8.42. The van der Waals surface area contributed by atoms with E-state index in [0.29, 0.717) is 12.8 Å². The molecule has 0 amide bonds. The lowest BCUT2D eigenvalue weighted by Crippen LogP contribution is -2.45. The van der Waals surface area contributed by atoms with Gasteiger partial charge in [0.1, 0.15) is 0 Å². The molecule has 0 aliphatic rings. The van der Waals surface area contributed by atoms with Crippen molar-refractivity contribution in [3.63, 3.8) is 0 Å². The van der Waals surface area contributed by atoms with Crippen LogP contribution in [-0.2, 0) is 14.8 Å². The van der Waals surface area contributed by atoms with Crippen molar-refractivity contribution in [2.45, 2.75) is 52.0 Å². The molecule has 0 spiro atoms. The lowest BCUT2D eigenvalue weighted by molar-refractivity contribution is -0.137. The third-order valence-electron chi connectivity index (χ3n) is 2.77. The maximum atomic E-state index is 11.6. The van der Waals surface area contributed by atoms with E-state index in [1.165, 1.54) is 0 Å². The Morgan fingerprint density at radius 3 is 2.19 bits per heavy atom. The van der Waals surface area contributed by atoms with Gasteiger partial charge in [-0.2, -0.15) is 0 Å². The predicted octanol–water partition coefficient (Wildman–Crippen LogP) is 1.35. The van der Waals surface area contributed by atoms with Crippen molar-refractivity contribution in [3.05, 3.63) is 0 Å². The summed E-state index contributed by atoms with van der Waals surface area (Å²) in [4.78, 5) is 10.3. The molecular weight excluding hydrogens is 230 g/mol. The maximum absolute atomic E-state index is 11.6. The smallest absolute Gasteiger partial charge is 0.303 e. The Balaban J connectivity index is 4.29. The Labute approximate surface area is 97.3 Å². The first-order valence-electron chi connectivity index (χ1n) is 5.48. The lowest BCUT2D eigenvalue weighted by atomic mass is 9.98. The number of carboxylic acid groups (broad SMARTS) is 1. The van der Waals surface area contributed by atoms with Gasteiger partial charge in [0.25, 0.3) is 0 Å². The second kappa shape index (κ2) is 6.20. The van der Waals surface area contributed by atoms with Gasteiger partial charge in [0.15, 0.2) is 0 Å². The molecule has 96 valence electrons. The van der Waals surface area contributed by atoms with E-state index in [9.17, 15) is 13.2 Å². The summed E-state index contributed by atoms with van der Waals surface area (Å²) in [7, 11) is -3.37. The highest BCUT2D eigenvalue weighted by molar-refractivity contribution is 7.89. The van der Waals surface area contributed by atoms with E-state index in [0.717, 1.165) is 0 Å². The monoisotopic (exact) mass is 251 g/mol. The van der Waals surface area contributed by atoms with Gasteiger partial charge in [-0.25, -0.2) is 13.1 Å². The molecule has 0 aliphatic carbocycles. The van der Waals surface area contributed by atoms with Gasteiger partial charge in [0.05, 0.1) is 5.75 Å². The third kappa shape index (κ3) is 6.07. The molecule has 0 aromatic heterocycles. The Hall–Kier alpha value is -0.620. The van der Waals surface area contributed by atoms with E-state index in [1.54, 1.807) is 0 Å². The first-order chi connectivity index (χ1) is 7.24. The molecule has 0 fully saturated rings. The van der Waals surface area contributed by atoms with Crippen molar-refractivity contribution in [2.75, 3.05) is 5.75 Å². The van der Waals surface area contributed by atoms with Crippen molar-refractivity contribution in [3.8, 4) is 0 Å². The molecule has 0 rings (SSSR count). The molecule has 0 saturated carbocycles. The maximum Gasteiger partial charge on any atom is 0.303 e. The van der Waals surface area contributed by atoms with Crippen LogP contribution in [0.4, 0.5) is 0 Å². The third-order valence-corrected chi connectivity index (χ3v) is 4.40. The van der Waals surface area contributed by atoms with Gasteiger partial charge in [0, 0.05) is 12.0 Å². The van der Waals surface area contributed by atoms with Crippen LogP contribution in [0.5, 0.6) is 0 Å². The molecular formula is C10H21NO4S. The van der Waals surface area contributed by atoms with Crippen LogP contribution in [0.1, 0.15) is 46.5 Å². The van der Waals surface area contributed by atoms with E-state index in [-0.39, 0.29) is 18.6 Å². The van der Waals surface area contributed by atoms with E-state index < -0.39 is 21.5 Å². The van der Waals surface area contributed by atoms with Crippen molar-refractivity contribution < 1.29 is 18.3 Å². The van der Waals surface area contributed by atoms with E-state index in [4.69, 9.17) is 5.11 Å². The Morgan fingerprint density at radius 1 is 1.31 bits per heavy atom. The first kappa shape index (κ1) is 15.4. The summed E-state index contributed by atoms with van der Waals surface area (Å²) in [5.74, 6) is -1.10. The van der Waals surface area contributed by atoms with Gasteiger partial charge in [0.2, 0.25) is 10.0 Å². The number of hydrogen-bond donors (Lipinski definition) is 2. The second-order valence-electron chi connectivity index (χ2n) is 4.19. The van der Waals surface area contributed by atoms with Crippen molar-refractivity contribution in [1.29, 1.82) is 0 Å². The van der Waals surface area contributed by atoms with Gasteiger partial charge in [-0.3, -0.25) is 4.79 Å². The van der Waals surface area contributed by atoms with Crippen LogP contribution in [0.25, 0.3) is 0 Å². The normalized spacial score (nSPS) is 12.7. The average Bonchev–Trinajstić information content (AvgIpc) is 2.16. The second-order valence-corrected chi connectivity index (χ2v) is 6.03. The Bertz CT molecular complexity index is 320. The predicted molar refractivity (Wildman–Crippen MR) is 62.8 cm³/mol. The van der Waals surface area contributed by atoms with Crippen LogP contribution in [-0.4, -0.2) is 30.8 Å². The van der Waals surface area contributed by atoms with Crippen LogP contribution in [0.3, 0.4) is 0 Å². The average molecular weight is 251 g/mol. The number of carbonyl (C=O) groups is 1. The highest BCUT2D eigenvalue weighted by Gasteiger charge is 2.25. The van der Waals surface area contributed by atoms with Gasteiger partial charge < -0.3 is 5.11 Å².